The third kappa shape index (κ3) is 4.42. The third-order valence-corrected chi connectivity index (χ3v) is 3.66. The second-order valence-corrected chi connectivity index (χ2v) is 5.39. The zero-order valence-electron chi connectivity index (χ0n) is 13.3. The normalized spacial score (nSPS) is 14.0. The number of nitro benzene ring substituents is 1. The Bertz CT molecular complexity index is 759. The molecule has 0 unspecified atom stereocenters. The number of hydrogen-bond donors (Lipinski definition) is 2. The van der Waals surface area contributed by atoms with E-state index >= 15 is 0 Å². The zero-order valence-corrected chi connectivity index (χ0v) is 13.3. The second kappa shape index (κ2) is 7.58. The molecule has 130 valence electrons. The predicted molar refractivity (Wildman–Crippen MR) is 93.0 cm³/mol. The first-order valence-corrected chi connectivity index (χ1v) is 7.73. The van der Waals surface area contributed by atoms with Crippen LogP contribution in [0.5, 0.6) is 0 Å². The van der Waals surface area contributed by atoms with Crippen molar-refractivity contribution < 1.29 is 14.5 Å². The number of non-ortho nitro benzene ring substituents is 1. The summed E-state index contributed by atoms with van der Waals surface area (Å²) in [7, 11) is 0. The minimum atomic E-state index is -0.517. The molecule has 0 radical (unpaired) electrons. The van der Waals surface area contributed by atoms with E-state index in [0.717, 1.165) is 18.9 Å². The summed E-state index contributed by atoms with van der Waals surface area (Å²) in [6.07, 6.45) is 1.57. The Kier molecular flexibility index (Phi) is 5.05. The van der Waals surface area contributed by atoms with Gasteiger partial charge in [-0.3, -0.25) is 10.1 Å². The van der Waals surface area contributed by atoms with Crippen LogP contribution >= 0.6 is 0 Å². The number of benzene rings is 1. The molecule has 1 saturated heterocycles. The number of ether oxygens (including phenoxy) is 1. The summed E-state index contributed by atoms with van der Waals surface area (Å²) in [5, 5.41) is 15.9. The number of urea groups is 1. The molecule has 1 aliphatic heterocycles. The molecular formula is C16H17N5O4. The number of rotatable bonds is 4. The molecule has 9 nitrogen and oxygen atoms in total. The van der Waals surface area contributed by atoms with Gasteiger partial charge >= 0.3 is 6.03 Å². The number of nitrogens with one attached hydrogen (secondary N) is 2. The van der Waals surface area contributed by atoms with Gasteiger partial charge in [0.05, 0.1) is 30.0 Å². The molecular weight excluding hydrogens is 326 g/mol. The van der Waals surface area contributed by atoms with Crippen molar-refractivity contribution in [2.45, 2.75) is 0 Å². The van der Waals surface area contributed by atoms with Gasteiger partial charge in [-0.2, -0.15) is 0 Å². The molecule has 0 spiro atoms. The van der Waals surface area contributed by atoms with Crippen LogP contribution in [0.15, 0.2) is 42.6 Å². The quantitative estimate of drug-likeness (QED) is 0.652. The highest BCUT2D eigenvalue weighted by atomic mass is 16.6. The highest BCUT2D eigenvalue weighted by Gasteiger charge is 2.12. The summed E-state index contributed by atoms with van der Waals surface area (Å²) in [5.41, 5.74) is 0.777. The first kappa shape index (κ1) is 16.7. The van der Waals surface area contributed by atoms with Crippen molar-refractivity contribution in [3.63, 3.8) is 0 Å². The van der Waals surface area contributed by atoms with Gasteiger partial charge in [-0.05, 0) is 18.2 Å². The lowest BCUT2D eigenvalue weighted by atomic mass is 10.3. The van der Waals surface area contributed by atoms with Crippen LogP contribution in [0.2, 0.25) is 0 Å². The summed E-state index contributed by atoms with van der Waals surface area (Å²) < 4.78 is 5.30. The molecule has 1 aromatic heterocycles. The molecule has 2 heterocycles. The van der Waals surface area contributed by atoms with E-state index in [4.69, 9.17) is 4.74 Å². The first-order chi connectivity index (χ1) is 12.1. The van der Waals surface area contributed by atoms with Crippen LogP contribution in [0.4, 0.5) is 27.7 Å². The average Bonchev–Trinajstić information content (AvgIpc) is 2.63. The molecule has 1 fully saturated rings. The van der Waals surface area contributed by atoms with Gasteiger partial charge in [0.25, 0.3) is 5.69 Å². The maximum atomic E-state index is 12.0. The lowest BCUT2D eigenvalue weighted by Crippen LogP contribution is -2.36. The number of aromatic nitrogens is 1. The predicted octanol–water partition coefficient (Wildman–Crippen LogP) is 2.47. The Morgan fingerprint density at radius 2 is 1.92 bits per heavy atom. The smallest absolute Gasteiger partial charge is 0.323 e. The first-order valence-electron chi connectivity index (χ1n) is 7.73. The SMILES string of the molecule is O=C(Nc1ccc(N2CCOCC2)nc1)Nc1cccc([N+](=O)[O-])c1. The molecule has 9 heteroatoms. The maximum absolute atomic E-state index is 12.0. The Labute approximate surface area is 143 Å². The number of nitro groups is 1. The van der Waals surface area contributed by atoms with Crippen LogP contribution in [-0.2, 0) is 4.74 Å². The lowest BCUT2D eigenvalue weighted by Gasteiger charge is -2.27. The van der Waals surface area contributed by atoms with Crippen molar-refractivity contribution in [3.05, 3.63) is 52.7 Å². The summed E-state index contributed by atoms with van der Waals surface area (Å²) in [5.74, 6) is 0.827. The number of amides is 2. The van der Waals surface area contributed by atoms with Crippen LogP contribution in [0.1, 0.15) is 0 Å². The summed E-state index contributed by atoms with van der Waals surface area (Å²) in [6.45, 7) is 2.92. The minimum absolute atomic E-state index is 0.0886. The van der Waals surface area contributed by atoms with Gasteiger partial charge < -0.3 is 20.3 Å². The molecule has 0 saturated carbocycles. The number of carbonyl (C=O) groups excluding carboxylic acids is 1. The van der Waals surface area contributed by atoms with E-state index in [9.17, 15) is 14.9 Å². The van der Waals surface area contributed by atoms with Gasteiger partial charge in [-0.25, -0.2) is 9.78 Å². The average molecular weight is 343 g/mol. The Hall–Kier alpha value is -3.20. The molecule has 2 aromatic rings. The van der Waals surface area contributed by atoms with Gasteiger partial charge in [0.2, 0.25) is 0 Å². The number of morpholine rings is 1. The standard InChI is InChI=1S/C16H17N5O4/c22-16(18-12-2-1-3-14(10-12)21(23)24)19-13-4-5-15(17-11-13)20-6-8-25-9-7-20/h1-5,10-11H,6-9H2,(H2,18,19,22). The van der Waals surface area contributed by atoms with Crippen molar-refractivity contribution in [1.82, 2.24) is 4.98 Å². The Morgan fingerprint density at radius 3 is 2.60 bits per heavy atom. The van der Waals surface area contributed by atoms with Crippen molar-refractivity contribution in [2.24, 2.45) is 0 Å². The zero-order chi connectivity index (χ0) is 17.6. The molecule has 0 atom stereocenters. The summed E-state index contributed by atoms with van der Waals surface area (Å²) in [4.78, 5) is 28.7. The van der Waals surface area contributed by atoms with E-state index in [-0.39, 0.29) is 5.69 Å². The van der Waals surface area contributed by atoms with Crippen LogP contribution in [0.3, 0.4) is 0 Å². The van der Waals surface area contributed by atoms with Crippen LogP contribution in [0.25, 0.3) is 0 Å². The fraction of sp³-hybridized carbons (Fsp3) is 0.250. The number of anilines is 3. The van der Waals surface area contributed by atoms with Crippen LogP contribution < -0.4 is 15.5 Å². The third-order valence-electron chi connectivity index (χ3n) is 3.66. The minimum Gasteiger partial charge on any atom is -0.378 e. The van der Waals surface area contributed by atoms with Crippen molar-refractivity contribution in [3.8, 4) is 0 Å². The number of nitrogens with zero attached hydrogens (tertiary/aromatic N) is 3. The van der Waals surface area contributed by atoms with E-state index in [2.05, 4.69) is 20.5 Å². The summed E-state index contributed by atoms with van der Waals surface area (Å²) >= 11 is 0. The van der Waals surface area contributed by atoms with E-state index in [1.807, 2.05) is 6.07 Å². The van der Waals surface area contributed by atoms with Gasteiger partial charge in [0.1, 0.15) is 5.82 Å². The van der Waals surface area contributed by atoms with Crippen molar-refractivity contribution >= 4 is 28.9 Å². The topological polar surface area (TPSA) is 110 Å². The Morgan fingerprint density at radius 1 is 1.16 bits per heavy atom. The van der Waals surface area contributed by atoms with Gasteiger partial charge in [0, 0.05) is 30.9 Å². The highest BCUT2D eigenvalue weighted by molar-refractivity contribution is 5.99. The molecule has 0 bridgehead atoms. The number of carbonyl (C=O) groups is 1. The fourth-order valence-corrected chi connectivity index (χ4v) is 2.43. The van der Waals surface area contributed by atoms with E-state index in [1.54, 1.807) is 18.3 Å². The van der Waals surface area contributed by atoms with Gasteiger partial charge in [-0.15, -0.1) is 0 Å². The highest BCUT2D eigenvalue weighted by Crippen LogP contribution is 2.18. The van der Waals surface area contributed by atoms with Crippen molar-refractivity contribution in [2.75, 3.05) is 41.8 Å². The molecule has 1 aromatic carbocycles. The fourth-order valence-electron chi connectivity index (χ4n) is 2.43. The molecule has 3 rings (SSSR count). The lowest BCUT2D eigenvalue weighted by molar-refractivity contribution is -0.384. The van der Waals surface area contributed by atoms with E-state index in [0.29, 0.717) is 24.6 Å². The van der Waals surface area contributed by atoms with Crippen molar-refractivity contribution in [1.29, 1.82) is 0 Å². The molecule has 1 aliphatic rings. The largest absolute Gasteiger partial charge is 0.378 e. The molecule has 2 amide bonds. The summed E-state index contributed by atoms with van der Waals surface area (Å²) in [6, 6.07) is 8.82. The maximum Gasteiger partial charge on any atom is 0.323 e. The van der Waals surface area contributed by atoms with Crippen LogP contribution in [0, 0.1) is 10.1 Å². The number of pyridine rings is 1. The molecule has 0 aliphatic carbocycles. The monoisotopic (exact) mass is 343 g/mol. The molecule has 2 N–H and O–H groups in total. The van der Waals surface area contributed by atoms with Crippen LogP contribution in [-0.4, -0.2) is 42.2 Å². The van der Waals surface area contributed by atoms with E-state index < -0.39 is 11.0 Å². The van der Waals surface area contributed by atoms with Gasteiger partial charge in [-0.1, -0.05) is 6.07 Å². The Balaban J connectivity index is 1.59. The second-order valence-electron chi connectivity index (χ2n) is 5.39. The van der Waals surface area contributed by atoms with E-state index in [1.165, 1.54) is 18.2 Å². The molecule has 25 heavy (non-hydrogen) atoms. The van der Waals surface area contributed by atoms with Gasteiger partial charge in [0.15, 0.2) is 0 Å². The number of hydrogen-bond acceptors (Lipinski definition) is 6.